The molecule has 0 aliphatic heterocycles. The molecule has 0 unspecified atom stereocenters. The van der Waals surface area contributed by atoms with Crippen molar-refractivity contribution in [3.05, 3.63) is 11.6 Å². The number of aromatic nitrogens is 1. The van der Waals surface area contributed by atoms with Gasteiger partial charge in [0, 0.05) is 0 Å². The quantitative estimate of drug-likeness (QED) is 0.832. The molecule has 1 atom stereocenters. The first-order chi connectivity index (χ1) is 9.23. The number of nitrogens with zero attached hydrogens (tertiary/aromatic N) is 1. The first-order valence-electron chi connectivity index (χ1n) is 5.95. The minimum Gasteiger partial charge on any atom is -0.471 e. The summed E-state index contributed by atoms with van der Waals surface area (Å²) in [7, 11) is 0. The van der Waals surface area contributed by atoms with E-state index in [-0.39, 0.29) is 12.9 Å². The third kappa shape index (κ3) is 4.87. The molecule has 0 spiro atoms. The molecule has 0 aromatic carbocycles. The van der Waals surface area contributed by atoms with Crippen LogP contribution in [0.3, 0.4) is 0 Å². The van der Waals surface area contributed by atoms with Gasteiger partial charge in [-0.1, -0.05) is 0 Å². The molecule has 20 heavy (non-hydrogen) atoms. The Bertz CT molecular complexity index is 481. The Kier molecular flexibility index (Phi) is 5.06. The summed E-state index contributed by atoms with van der Waals surface area (Å²) in [5, 5.41) is 5.76. The number of hydrogen-bond acceptors (Lipinski definition) is 6. The number of halogens is 1. The first-order valence-corrected chi connectivity index (χ1v) is 5.95. The Morgan fingerprint density at radius 2 is 2.20 bits per heavy atom. The van der Waals surface area contributed by atoms with Crippen LogP contribution in [0, 0.1) is 5.82 Å². The highest BCUT2D eigenvalue weighted by atomic mass is 19.1. The van der Waals surface area contributed by atoms with Crippen molar-refractivity contribution in [1.82, 2.24) is 10.5 Å². The van der Waals surface area contributed by atoms with Gasteiger partial charge in [0.2, 0.25) is 11.6 Å². The minimum atomic E-state index is -0.968. The summed E-state index contributed by atoms with van der Waals surface area (Å²) in [6.07, 6.45) is -0.416. The topological polar surface area (TPSA) is 90.7 Å². The number of carbonyl (C=O) groups excluding carboxylic acids is 2. The van der Waals surface area contributed by atoms with Crippen LogP contribution < -0.4 is 10.1 Å². The largest absolute Gasteiger partial charge is 0.471 e. The van der Waals surface area contributed by atoms with Gasteiger partial charge in [-0.05, 0) is 32.9 Å². The van der Waals surface area contributed by atoms with Crippen molar-refractivity contribution in [2.45, 2.75) is 39.3 Å². The third-order valence-corrected chi connectivity index (χ3v) is 1.97. The van der Waals surface area contributed by atoms with Crippen LogP contribution in [0.4, 0.5) is 9.18 Å². The normalized spacial score (nSPS) is 12.7. The molecular weight excluding hydrogens is 271 g/mol. The number of alkyl carbamates (subject to hydrolysis) is 1. The fraction of sp³-hybridized carbons (Fsp3) is 0.583. The summed E-state index contributed by atoms with van der Waals surface area (Å²) in [6.45, 7) is 6.79. The van der Waals surface area contributed by atoms with E-state index in [0.29, 0.717) is 0 Å². The van der Waals surface area contributed by atoms with Gasteiger partial charge in [0.05, 0.1) is 6.04 Å². The van der Waals surface area contributed by atoms with Crippen LogP contribution >= 0.6 is 0 Å². The van der Waals surface area contributed by atoms with Crippen molar-refractivity contribution in [1.29, 1.82) is 0 Å². The molecule has 0 aliphatic carbocycles. The molecule has 0 fully saturated rings. The molecular formula is C12H17FN2O5. The molecule has 7 nitrogen and oxygen atoms in total. The SMILES string of the molecule is C[C@@H](COc1noc(C=O)c1F)NC(=O)OC(C)(C)C. The summed E-state index contributed by atoms with van der Waals surface area (Å²) in [5.74, 6) is -1.93. The molecule has 1 rings (SSSR count). The average Bonchev–Trinajstić information content (AvgIpc) is 2.64. The maximum atomic E-state index is 13.3. The molecule has 0 radical (unpaired) electrons. The van der Waals surface area contributed by atoms with E-state index in [1.165, 1.54) is 0 Å². The highest BCUT2D eigenvalue weighted by molar-refractivity contribution is 5.71. The van der Waals surface area contributed by atoms with E-state index in [2.05, 4.69) is 15.0 Å². The molecule has 0 saturated carbocycles. The maximum Gasteiger partial charge on any atom is 0.407 e. The highest BCUT2D eigenvalue weighted by Gasteiger charge is 2.20. The van der Waals surface area contributed by atoms with Crippen molar-refractivity contribution < 1.29 is 28.0 Å². The molecule has 1 N–H and O–H groups in total. The molecule has 0 bridgehead atoms. The number of amides is 1. The van der Waals surface area contributed by atoms with E-state index in [0.717, 1.165) is 0 Å². The van der Waals surface area contributed by atoms with Gasteiger partial charge in [-0.2, -0.15) is 4.39 Å². The predicted octanol–water partition coefficient (Wildman–Crippen LogP) is 1.92. The standard InChI is InChI=1S/C12H17FN2O5/c1-7(14-11(17)19-12(2,3)4)6-18-10-9(13)8(5-16)20-15-10/h5,7H,6H2,1-4H3,(H,14,17)/t7-/m0/s1. The molecule has 1 aromatic heterocycles. The monoisotopic (exact) mass is 288 g/mol. The van der Waals surface area contributed by atoms with Gasteiger partial charge in [-0.15, -0.1) is 0 Å². The van der Waals surface area contributed by atoms with E-state index in [1.54, 1.807) is 27.7 Å². The van der Waals surface area contributed by atoms with Crippen molar-refractivity contribution in [2.24, 2.45) is 0 Å². The van der Waals surface area contributed by atoms with Crippen molar-refractivity contribution in [3.63, 3.8) is 0 Å². The minimum absolute atomic E-state index is 0.0546. The van der Waals surface area contributed by atoms with Gasteiger partial charge in [0.25, 0.3) is 5.88 Å². The lowest BCUT2D eigenvalue weighted by atomic mass is 10.2. The summed E-state index contributed by atoms with van der Waals surface area (Å²) in [6, 6.07) is -0.444. The fourth-order valence-electron chi connectivity index (χ4n) is 1.19. The molecule has 0 aliphatic rings. The van der Waals surface area contributed by atoms with Gasteiger partial charge in [0.1, 0.15) is 12.2 Å². The second-order valence-electron chi connectivity index (χ2n) is 5.14. The Morgan fingerprint density at radius 3 is 2.70 bits per heavy atom. The van der Waals surface area contributed by atoms with Crippen LogP contribution in [0.15, 0.2) is 4.52 Å². The van der Waals surface area contributed by atoms with Gasteiger partial charge in [-0.25, -0.2) is 4.79 Å². The first kappa shape index (κ1) is 15.9. The number of nitrogens with one attached hydrogen (secondary N) is 1. The van der Waals surface area contributed by atoms with Crippen molar-refractivity contribution in [3.8, 4) is 5.88 Å². The van der Waals surface area contributed by atoms with Gasteiger partial charge >= 0.3 is 6.09 Å². The van der Waals surface area contributed by atoms with E-state index in [4.69, 9.17) is 9.47 Å². The number of ether oxygens (including phenoxy) is 2. The van der Waals surface area contributed by atoms with Crippen molar-refractivity contribution in [2.75, 3.05) is 6.61 Å². The predicted molar refractivity (Wildman–Crippen MR) is 66.2 cm³/mol. The lowest BCUT2D eigenvalue weighted by Crippen LogP contribution is -2.40. The van der Waals surface area contributed by atoms with E-state index in [9.17, 15) is 14.0 Å². The Labute approximate surface area is 115 Å². The van der Waals surface area contributed by atoms with Gasteiger partial charge in [0.15, 0.2) is 6.29 Å². The summed E-state index contributed by atoms with van der Waals surface area (Å²) in [4.78, 5) is 21.8. The smallest absolute Gasteiger partial charge is 0.407 e. The lowest BCUT2D eigenvalue weighted by Gasteiger charge is -2.21. The van der Waals surface area contributed by atoms with Gasteiger partial charge in [-0.3, -0.25) is 4.79 Å². The maximum absolute atomic E-state index is 13.3. The molecule has 1 aromatic rings. The fourth-order valence-corrected chi connectivity index (χ4v) is 1.19. The Balaban J connectivity index is 2.43. The summed E-state index contributed by atoms with van der Waals surface area (Å²) >= 11 is 0. The Hall–Kier alpha value is -2.12. The molecule has 8 heteroatoms. The van der Waals surface area contributed by atoms with Crippen LogP contribution in [0.25, 0.3) is 0 Å². The number of aldehydes is 1. The van der Waals surface area contributed by atoms with E-state index in [1.807, 2.05) is 0 Å². The zero-order valence-corrected chi connectivity index (χ0v) is 11.7. The summed E-state index contributed by atoms with van der Waals surface area (Å²) in [5.41, 5.74) is -0.609. The number of hydrogen-bond donors (Lipinski definition) is 1. The van der Waals surface area contributed by atoms with Crippen LogP contribution in [0.5, 0.6) is 5.88 Å². The zero-order valence-electron chi connectivity index (χ0n) is 11.7. The number of carbonyl (C=O) groups is 2. The lowest BCUT2D eigenvalue weighted by molar-refractivity contribution is 0.0492. The second-order valence-corrected chi connectivity index (χ2v) is 5.14. The van der Waals surface area contributed by atoms with E-state index < -0.39 is 35.2 Å². The van der Waals surface area contributed by atoms with Crippen LogP contribution in [-0.2, 0) is 4.74 Å². The zero-order chi connectivity index (χ0) is 15.3. The van der Waals surface area contributed by atoms with Crippen LogP contribution in [0.2, 0.25) is 0 Å². The summed E-state index contributed by atoms with van der Waals surface area (Å²) < 4.78 is 27.8. The average molecular weight is 288 g/mol. The van der Waals surface area contributed by atoms with Crippen LogP contribution in [-0.4, -0.2) is 35.8 Å². The highest BCUT2D eigenvalue weighted by Crippen LogP contribution is 2.17. The van der Waals surface area contributed by atoms with Crippen LogP contribution in [0.1, 0.15) is 38.2 Å². The van der Waals surface area contributed by atoms with E-state index >= 15 is 0 Å². The third-order valence-electron chi connectivity index (χ3n) is 1.97. The van der Waals surface area contributed by atoms with Crippen molar-refractivity contribution >= 4 is 12.4 Å². The Morgan fingerprint density at radius 1 is 1.55 bits per heavy atom. The molecule has 1 amide bonds. The molecule has 0 saturated heterocycles. The molecule has 1 heterocycles. The van der Waals surface area contributed by atoms with Gasteiger partial charge < -0.3 is 19.3 Å². The number of rotatable bonds is 5. The second kappa shape index (κ2) is 6.36. The molecule has 112 valence electrons.